The summed E-state index contributed by atoms with van der Waals surface area (Å²) in [6, 6.07) is 0. The third-order valence-corrected chi connectivity index (χ3v) is 9.03. The monoisotopic (exact) mass is 420 g/mol. The molecule has 0 saturated heterocycles. The molecule has 0 fully saturated rings. The van der Waals surface area contributed by atoms with Crippen LogP contribution in [0.15, 0.2) is 0 Å². The highest BCUT2D eigenvalue weighted by Crippen LogP contribution is 2.16. The summed E-state index contributed by atoms with van der Waals surface area (Å²) < 4.78 is 0. The molecule has 140 valence electrons. The van der Waals surface area contributed by atoms with Crippen LogP contribution in [0, 0.1) is 0 Å². The van der Waals surface area contributed by atoms with Crippen LogP contribution in [0.4, 0.5) is 0 Å². The highest BCUT2D eigenvalue weighted by molar-refractivity contribution is 8.34. The summed E-state index contributed by atoms with van der Waals surface area (Å²) in [4.78, 5) is 21.0. The van der Waals surface area contributed by atoms with Crippen molar-refractivity contribution in [2.24, 2.45) is 0 Å². The summed E-state index contributed by atoms with van der Waals surface area (Å²) in [5.41, 5.74) is 0.468. The first-order valence-electron chi connectivity index (χ1n) is 3.89. The van der Waals surface area contributed by atoms with Crippen molar-refractivity contribution in [1.29, 1.82) is 0 Å². The van der Waals surface area contributed by atoms with Crippen LogP contribution >= 0.6 is 13.8 Å². The molecule has 21 heavy (non-hydrogen) atoms. The van der Waals surface area contributed by atoms with Crippen LogP contribution < -0.4 is 9.79 Å². The van der Waals surface area contributed by atoms with E-state index >= 15 is 0 Å². The van der Waals surface area contributed by atoms with Gasteiger partial charge < -0.3 is 9.79 Å². The average molecular weight is 421 g/mol. The van der Waals surface area contributed by atoms with Crippen molar-refractivity contribution >= 4 is 55.2 Å². The average Bonchev–Trinajstić information content (AvgIpc) is 2.15. The molecular formula is C13H42O2P2S4. The first kappa shape index (κ1) is 57.1. The van der Waals surface area contributed by atoms with E-state index in [9.17, 15) is 9.79 Å². The fraction of sp³-hybridized carbons (Fsp3) is 1.00. The van der Waals surface area contributed by atoms with Gasteiger partial charge in [0, 0.05) is 22.4 Å². The van der Waals surface area contributed by atoms with Gasteiger partial charge in [0.2, 0.25) is 0 Å². The van der Waals surface area contributed by atoms with E-state index in [1.165, 1.54) is 0 Å². The van der Waals surface area contributed by atoms with Gasteiger partial charge in [-0.1, -0.05) is 52.0 Å². The lowest BCUT2D eigenvalue weighted by atomic mass is 10.6. The molecule has 0 rings (SSSR count). The minimum atomic E-state index is -1.16. The van der Waals surface area contributed by atoms with Crippen LogP contribution in [0.2, 0.25) is 0 Å². The Morgan fingerprint density at radius 3 is 0.762 bits per heavy atom. The molecule has 0 heterocycles. The molecule has 0 saturated carbocycles. The molecule has 8 heteroatoms. The Labute approximate surface area is 155 Å². The second-order valence-corrected chi connectivity index (χ2v) is 12.1. The number of rotatable bonds is 2. The summed E-state index contributed by atoms with van der Waals surface area (Å²) in [5.74, 6) is 0. The first-order valence-corrected chi connectivity index (χ1v) is 11.2. The molecule has 0 bridgehead atoms. The van der Waals surface area contributed by atoms with Gasteiger partial charge in [-0.25, -0.2) is 0 Å². The number of hydrogen-bond acceptors (Lipinski definition) is 4. The minimum Gasteiger partial charge on any atom is -0.619 e. The summed E-state index contributed by atoms with van der Waals surface area (Å²) in [6.07, 6.45) is 0. The van der Waals surface area contributed by atoms with Gasteiger partial charge in [-0.2, -0.15) is 0 Å². The summed E-state index contributed by atoms with van der Waals surface area (Å²) in [7, 11) is 2.05. The van der Waals surface area contributed by atoms with Crippen LogP contribution in [0.3, 0.4) is 0 Å². The molecule has 0 aromatic heterocycles. The normalized spacial score (nSPS) is 7.81. The molecule has 0 aliphatic rings. The highest BCUT2D eigenvalue weighted by Gasteiger charge is 1.99. The van der Waals surface area contributed by atoms with Crippen molar-refractivity contribution in [2.75, 3.05) is 0 Å². The highest BCUT2D eigenvalue weighted by atomic mass is 32.9. The Kier molecular flexibility index (Phi) is 102. The third-order valence-electron chi connectivity index (χ3n) is 0.990. The Bertz CT molecular complexity index is 245. The number of hydrogen-bond donors (Lipinski definition) is 0. The molecule has 0 aromatic carbocycles. The van der Waals surface area contributed by atoms with Gasteiger partial charge in [-0.3, -0.25) is 0 Å². The van der Waals surface area contributed by atoms with Crippen molar-refractivity contribution in [2.45, 2.75) is 91.0 Å². The Hall–Kier alpha value is 1.40. The van der Waals surface area contributed by atoms with E-state index in [2.05, 4.69) is 22.4 Å². The first-order chi connectivity index (χ1) is 6.36. The lowest BCUT2D eigenvalue weighted by Gasteiger charge is -1.92. The smallest absolute Gasteiger partial charge is 0.135 e. The van der Waals surface area contributed by atoms with Gasteiger partial charge >= 0.3 is 0 Å². The largest absolute Gasteiger partial charge is 0.619 e. The lowest BCUT2D eigenvalue weighted by molar-refractivity contribution is -0.154. The van der Waals surface area contributed by atoms with Crippen molar-refractivity contribution in [3.63, 3.8) is 0 Å². The molecule has 2 nitrogen and oxygen atoms in total. The van der Waals surface area contributed by atoms with Crippen LogP contribution in [-0.2, 0) is 41.4 Å². The topological polar surface area (TPSA) is 46.1 Å². The molecule has 0 aliphatic carbocycles. The molecule has 2 atom stereocenters. The van der Waals surface area contributed by atoms with E-state index in [0.717, 1.165) is 19.0 Å². The maximum atomic E-state index is 10.5. The maximum absolute atomic E-state index is 10.5. The van der Waals surface area contributed by atoms with Crippen LogP contribution in [0.1, 0.15) is 79.7 Å². The summed E-state index contributed by atoms with van der Waals surface area (Å²) in [5, 5.41) is 0. The van der Waals surface area contributed by atoms with Crippen LogP contribution in [0.25, 0.3) is 0 Å². The van der Waals surface area contributed by atoms with Crippen molar-refractivity contribution in [3.05, 3.63) is 0 Å². The van der Waals surface area contributed by atoms with E-state index in [1.807, 2.05) is 27.7 Å². The molecular weight excluding hydrogens is 378 g/mol. The van der Waals surface area contributed by atoms with E-state index in [0.29, 0.717) is 0 Å². The molecule has 2 unspecified atom stereocenters. The van der Waals surface area contributed by atoms with E-state index in [4.69, 9.17) is 0 Å². The van der Waals surface area contributed by atoms with E-state index in [1.54, 1.807) is 0 Å². The minimum absolute atomic E-state index is 0. The van der Waals surface area contributed by atoms with Crippen molar-refractivity contribution in [3.8, 4) is 0 Å². The molecule has 0 aromatic rings. The molecule has 0 aliphatic heterocycles. The van der Waals surface area contributed by atoms with Crippen molar-refractivity contribution < 1.29 is 9.79 Å². The zero-order valence-corrected chi connectivity index (χ0v) is 13.6. The Morgan fingerprint density at radius 2 is 0.762 bits per heavy atom. The van der Waals surface area contributed by atoms with Gasteiger partial charge in [0.1, 0.15) is 44.2 Å². The Morgan fingerprint density at radius 1 is 0.619 bits per heavy atom. The zero-order valence-electron chi connectivity index (χ0n) is 8.50. The molecule has 0 amide bonds. The predicted octanol–water partition coefficient (Wildman–Crippen LogP) is 5.68. The summed E-state index contributed by atoms with van der Waals surface area (Å²) >= 11 is 8.97. The fourth-order valence-electron chi connectivity index (χ4n) is 0.172. The standard InChI is InChI=1S/2C3H7OPS2.7CH4/c2*1-3(2)5(4)7-6;;;;;;;/h2*3H,1-2H3;7*1H4. The third kappa shape index (κ3) is 44.9. The van der Waals surface area contributed by atoms with Gasteiger partial charge in [0.15, 0.2) is 0 Å². The van der Waals surface area contributed by atoms with E-state index in [-0.39, 0.29) is 63.3 Å². The lowest BCUT2D eigenvalue weighted by Crippen LogP contribution is -1.96. The summed E-state index contributed by atoms with van der Waals surface area (Å²) in [6.45, 7) is 5.29. The van der Waals surface area contributed by atoms with Gasteiger partial charge in [-0.15, -0.1) is 0 Å². The van der Waals surface area contributed by atoms with Crippen LogP contribution in [0.5, 0.6) is 0 Å². The second-order valence-electron chi connectivity index (χ2n) is 2.91. The SMILES string of the molecule is C.C.C.C.C.C.C.CC(C)[P+]([O-])=S=S.CC(C)[P+]([O-])=S=S. The Balaban J connectivity index is -0.0000000147. The predicted molar refractivity (Wildman–Crippen MR) is 121 cm³/mol. The van der Waals surface area contributed by atoms with Gasteiger partial charge in [0.25, 0.3) is 0 Å². The molecule has 0 N–H and O–H groups in total. The van der Waals surface area contributed by atoms with Gasteiger partial charge in [-0.05, 0) is 27.7 Å². The van der Waals surface area contributed by atoms with E-state index < -0.39 is 13.8 Å². The van der Waals surface area contributed by atoms with Crippen molar-refractivity contribution in [1.82, 2.24) is 0 Å². The zero-order chi connectivity index (χ0) is 11.7. The molecule has 0 spiro atoms. The van der Waals surface area contributed by atoms with Gasteiger partial charge in [0.05, 0.1) is 0 Å². The van der Waals surface area contributed by atoms with Crippen LogP contribution in [-0.4, -0.2) is 11.3 Å². The molecule has 0 radical (unpaired) electrons. The quantitative estimate of drug-likeness (QED) is 0.540. The maximum Gasteiger partial charge on any atom is 0.135 e. The second kappa shape index (κ2) is 37.6. The fourth-order valence-corrected chi connectivity index (χ4v) is 4.65.